The topological polar surface area (TPSA) is 60.5 Å². The van der Waals surface area contributed by atoms with Crippen LogP contribution in [0.5, 0.6) is 0 Å². The van der Waals surface area contributed by atoms with E-state index in [4.69, 9.17) is 4.42 Å². The molecule has 3 aromatic rings. The molecule has 0 aliphatic rings. The Hall–Kier alpha value is -3.26. The van der Waals surface area contributed by atoms with Crippen LogP contribution in [0, 0.1) is 11.3 Å². The summed E-state index contributed by atoms with van der Waals surface area (Å²) in [7, 11) is 3.94. The SMILES string of the molecule is CCN(CC)c1ccc2c(-c3ccc(N(C)C)cc3)c(C#N)c(=O)oc2c1. The molecule has 3 rings (SSSR count). The van der Waals surface area contributed by atoms with E-state index in [0.29, 0.717) is 11.1 Å². The van der Waals surface area contributed by atoms with Gasteiger partial charge in [0.05, 0.1) is 0 Å². The lowest BCUT2D eigenvalue weighted by molar-refractivity contribution is 0.559. The second-order valence-corrected chi connectivity index (χ2v) is 6.55. The zero-order chi connectivity index (χ0) is 19.6. The molecule has 2 aromatic carbocycles. The number of anilines is 2. The molecule has 0 saturated heterocycles. The van der Waals surface area contributed by atoms with Crippen molar-refractivity contribution in [3.8, 4) is 17.2 Å². The maximum Gasteiger partial charge on any atom is 0.354 e. The monoisotopic (exact) mass is 361 g/mol. The minimum absolute atomic E-state index is 0.0377. The molecule has 27 heavy (non-hydrogen) atoms. The molecule has 0 aliphatic heterocycles. The van der Waals surface area contributed by atoms with Crippen LogP contribution in [0.25, 0.3) is 22.1 Å². The molecule has 5 heteroatoms. The number of nitrogens with zero attached hydrogens (tertiary/aromatic N) is 3. The molecule has 5 nitrogen and oxygen atoms in total. The van der Waals surface area contributed by atoms with Crippen molar-refractivity contribution in [1.82, 2.24) is 0 Å². The number of hydrogen-bond acceptors (Lipinski definition) is 5. The lowest BCUT2D eigenvalue weighted by Gasteiger charge is -2.21. The van der Waals surface area contributed by atoms with E-state index in [9.17, 15) is 10.1 Å². The van der Waals surface area contributed by atoms with Crippen molar-refractivity contribution in [3.05, 3.63) is 58.4 Å². The third-order valence-electron chi connectivity index (χ3n) is 4.80. The Balaban J connectivity index is 2.26. The summed E-state index contributed by atoms with van der Waals surface area (Å²) in [6, 6.07) is 15.7. The highest BCUT2D eigenvalue weighted by molar-refractivity contribution is 5.97. The van der Waals surface area contributed by atoms with E-state index in [1.54, 1.807) is 0 Å². The van der Waals surface area contributed by atoms with E-state index in [2.05, 4.69) is 18.7 Å². The van der Waals surface area contributed by atoms with Gasteiger partial charge in [-0.05, 0) is 43.7 Å². The number of benzene rings is 2. The number of rotatable bonds is 5. The minimum Gasteiger partial charge on any atom is -0.422 e. The first-order valence-electron chi connectivity index (χ1n) is 9.03. The van der Waals surface area contributed by atoms with Crippen molar-refractivity contribution in [3.63, 3.8) is 0 Å². The number of fused-ring (bicyclic) bond motifs is 1. The Morgan fingerprint density at radius 2 is 1.63 bits per heavy atom. The van der Waals surface area contributed by atoms with E-state index >= 15 is 0 Å². The third-order valence-corrected chi connectivity index (χ3v) is 4.80. The van der Waals surface area contributed by atoms with Crippen molar-refractivity contribution in [2.75, 3.05) is 37.0 Å². The first-order valence-corrected chi connectivity index (χ1v) is 9.03. The highest BCUT2D eigenvalue weighted by atomic mass is 16.4. The Labute approximate surface area is 159 Å². The van der Waals surface area contributed by atoms with Gasteiger partial charge in [0.15, 0.2) is 0 Å². The van der Waals surface area contributed by atoms with Gasteiger partial charge in [-0.15, -0.1) is 0 Å². The predicted octanol–water partition coefficient (Wildman–Crippen LogP) is 4.24. The molecule has 0 amide bonds. The standard InChI is InChI=1S/C22H23N3O2/c1-5-25(6-2)17-11-12-18-20(13-17)27-22(26)19(14-23)21(18)15-7-9-16(10-8-15)24(3)4/h7-13H,5-6H2,1-4H3. The lowest BCUT2D eigenvalue weighted by Crippen LogP contribution is -2.21. The highest BCUT2D eigenvalue weighted by Crippen LogP contribution is 2.33. The average molecular weight is 361 g/mol. The molecule has 0 aliphatic carbocycles. The van der Waals surface area contributed by atoms with Gasteiger partial charge in [-0.25, -0.2) is 4.79 Å². The van der Waals surface area contributed by atoms with Crippen molar-refractivity contribution in [2.45, 2.75) is 13.8 Å². The molecule has 0 spiro atoms. The molecule has 138 valence electrons. The molecule has 1 aromatic heterocycles. The fourth-order valence-electron chi connectivity index (χ4n) is 3.30. The van der Waals surface area contributed by atoms with Gasteiger partial charge in [-0.2, -0.15) is 5.26 Å². The maximum atomic E-state index is 12.4. The van der Waals surface area contributed by atoms with Crippen LogP contribution in [0.1, 0.15) is 19.4 Å². The zero-order valence-electron chi connectivity index (χ0n) is 16.1. The van der Waals surface area contributed by atoms with Crippen LogP contribution >= 0.6 is 0 Å². The van der Waals surface area contributed by atoms with E-state index in [-0.39, 0.29) is 5.56 Å². The van der Waals surface area contributed by atoms with Crippen molar-refractivity contribution in [1.29, 1.82) is 5.26 Å². The molecule has 0 radical (unpaired) electrons. The first kappa shape index (κ1) is 18.5. The molecule has 0 atom stereocenters. The van der Waals surface area contributed by atoms with Crippen LogP contribution in [0.15, 0.2) is 51.7 Å². The molecule has 1 heterocycles. The molecule has 0 saturated carbocycles. The van der Waals surface area contributed by atoms with Crippen LogP contribution in [-0.2, 0) is 0 Å². The summed E-state index contributed by atoms with van der Waals surface area (Å²) in [5, 5.41) is 10.3. The van der Waals surface area contributed by atoms with E-state index in [1.165, 1.54) is 0 Å². The highest BCUT2D eigenvalue weighted by Gasteiger charge is 2.17. The summed E-state index contributed by atoms with van der Waals surface area (Å²) in [6.07, 6.45) is 0. The van der Waals surface area contributed by atoms with Gasteiger partial charge in [0.2, 0.25) is 0 Å². The summed E-state index contributed by atoms with van der Waals surface area (Å²) < 4.78 is 5.47. The normalized spacial score (nSPS) is 10.6. The maximum absolute atomic E-state index is 12.4. The lowest BCUT2D eigenvalue weighted by atomic mass is 9.97. The minimum atomic E-state index is -0.603. The average Bonchev–Trinajstić information content (AvgIpc) is 2.67. The van der Waals surface area contributed by atoms with Crippen LogP contribution in [-0.4, -0.2) is 27.2 Å². The van der Waals surface area contributed by atoms with Gasteiger partial charge in [0.25, 0.3) is 0 Å². The number of hydrogen-bond donors (Lipinski definition) is 0. The van der Waals surface area contributed by atoms with Gasteiger partial charge >= 0.3 is 5.63 Å². The third kappa shape index (κ3) is 3.39. The molecular formula is C22H23N3O2. The van der Waals surface area contributed by atoms with Crippen molar-refractivity contribution in [2.24, 2.45) is 0 Å². The largest absolute Gasteiger partial charge is 0.422 e. The van der Waals surface area contributed by atoms with Crippen molar-refractivity contribution < 1.29 is 4.42 Å². The smallest absolute Gasteiger partial charge is 0.354 e. The molecule has 0 fully saturated rings. The van der Waals surface area contributed by atoms with Gasteiger partial charge in [0.1, 0.15) is 17.2 Å². The van der Waals surface area contributed by atoms with E-state index in [0.717, 1.165) is 35.4 Å². The summed E-state index contributed by atoms with van der Waals surface area (Å²) in [5.41, 5.74) is 3.42. The fourth-order valence-corrected chi connectivity index (χ4v) is 3.30. The quantitative estimate of drug-likeness (QED) is 0.636. The van der Waals surface area contributed by atoms with Gasteiger partial charge in [-0.3, -0.25) is 0 Å². The summed E-state index contributed by atoms with van der Waals surface area (Å²) in [5.74, 6) is 0. The fraction of sp³-hybridized carbons (Fsp3) is 0.273. The van der Waals surface area contributed by atoms with Crippen LogP contribution in [0.2, 0.25) is 0 Å². The first-order chi connectivity index (χ1) is 13.0. The Bertz CT molecular complexity index is 1060. The Morgan fingerprint density at radius 1 is 1.00 bits per heavy atom. The summed E-state index contributed by atoms with van der Waals surface area (Å²) >= 11 is 0. The van der Waals surface area contributed by atoms with Crippen LogP contribution in [0.4, 0.5) is 11.4 Å². The second-order valence-electron chi connectivity index (χ2n) is 6.55. The van der Waals surface area contributed by atoms with E-state index in [1.807, 2.05) is 67.5 Å². The molecule has 0 unspecified atom stereocenters. The van der Waals surface area contributed by atoms with Crippen LogP contribution in [0.3, 0.4) is 0 Å². The van der Waals surface area contributed by atoms with Gasteiger partial charge < -0.3 is 14.2 Å². The van der Waals surface area contributed by atoms with Gasteiger partial charge in [-0.1, -0.05) is 12.1 Å². The van der Waals surface area contributed by atoms with E-state index < -0.39 is 5.63 Å². The molecule has 0 N–H and O–H groups in total. The van der Waals surface area contributed by atoms with Gasteiger partial charge in [0, 0.05) is 55.6 Å². The van der Waals surface area contributed by atoms with Crippen molar-refractivity contribution >= 4 is 22.3 Å². The predicted molar refractivity (Wildman–Crippen MR) is 111 cm³/mol. The summed E-state index contributed by atoms with van der Waals surface area (Å²) in [6.45, 7) is 5.89. The second kappa shape index (κ2) is 7.55. The van der Waals surface area contributed by atoms with Crippen LogP contribution < -0.4 is 15.4 Å². The molecule has 0 bridgehead atoms. The number of nitriles is 1. The Morgan fingerprint density at radius 3 is 2.19 bits per heavy atom. The summed E-state index contributed by atoms with van der Waals surface area (Å²) in [4.78, 5) is 16.6. The zero-order valence-corrected chi connectivity index (χ0v) is 16.1. The Kier molecular flexibility index (Phi) is 5.18. The molecular weight excluding hydrogens is 338 g/mol.